The van der Waals surface area contributed by atoms with E-state index in [1.54, 1.807) is 0 Å². The molecule has 13 heavy (non-hydrogen) atoms. The highest BCUT2D eigenvalue weighted by molar-refractivity contribution is 5.29. The SMILES string of the molecule is OCC1CCC(CO)C2=C1CNC2. The molecule has 3 nitrogen and oxygen atoms in total. The average Bonchev–Trinajstić information content (AvgIpc) is 2.64. The molecule has 0 fully saturated rings. The Morgan fingerprint density at radius 2 is 1.46 bits per heavy atom. The molecular formula is C10H17NO2. The van der Waals surface area contributed by atoms with Gasteiger partial charge in [-0.1, -0.05) is 11.1 Å². The lowest BCUT2D eigenvalue weighted by Gasteiger charge is -2.28. The zero-order valence-corrected chi connectivity index (χ0v) is 7.79. The zero-order valence-electron chi connectivity index (χ0n) is 7.79. The van der Waals surface area contributed by atoms with Crippen LogP contribution in [-0.2, 0) is 0 Å². The summed E-state index contributed by atoms with van der Waals surface area (Å²) >= 11 is 0. The second-order valence-corrected chi connectivity index (χ2v) is 3.99. The maximum Gasteiger partial charge on any atom is 0.0497 e. The van der Waals surface area contributed by atoms with Crippen LogP contribution in [0.25, 0.3) is 0 Å². The lowest BCUT2D eigenvalue weighted by molar-refractivity contribution is 0.194. The molecule has 1 heterocycles. The predicted octanol–water partition coefficient (Wildman–Crippen LogP) is -0.103. The molecule has 2 unspecified atom stereocenters. The maximum absolute atomic E-state index is 9.17. The van der Waals surface area contributed by atoms with Crippen LogP contribution in [-0.4, -0.2) is 36.5 Å². The van der Waals surface area contributed by atoms with Gasteiger partial charge in [-0.3, -0.25) is 0 Å². The van der Waals surface area contributed by atoms with Crippen molar-refractivity contribution in [3.8, 4) is 0 Å². The van der Waals surface area contributed by atoms with Crippen molar-refractivity contribution in [3.63, 3.8) is 0 Å². The molecule has 0 saturated carbocycles. The molecule has 2 aliphatic rings. The molecule has 2 atom stereocenters. The van der Waals surface area contributed by atoms with Gasteiger partial charge in [0.15, 0.2) is 0 Å². The first-order valence-corrected chi connectivity index (χ1v) is 5.01. The molecule has 1 aliphatic carbocycles. The summed E-state index contributed by atoms with van der Waals surface area (Å²) in [5, 5.41) is 21.6. The number of hydrogen-bond donors (Lipinski definition) is 3. The van der Waals surface area contributed by atoms with Crippen LogP contribution in [0.15, 0.2) is 11.1 Å². The third-order valence-electron chi connectivity index (χ3n) is 3.33. The highest BCUT2D eigenvalue weighted by atomic mass is 16.3. The standard InChI is InChI=1S/C10H17NO2/c12-5-7-1-2-8(6-13)10-4-11-3-9(7)10/h7-8,11-13H,1-6H2. The predicted molar refractivity (Wildman–Crippen MR) is 50.3 cm³/mol. The van der Waals surface area contributed by atoms with Gasteiger partial charge >= 0.3 is 0 Å². The molecule has 74 valence electrons. The molecular weight excluding hydrogens is 166 g/mol. The number of aliphatic hydroxyl groups is 2. The fraction of sp³-hybridized carbons (Fsp3) is 0.800. The van der Waals surface area contributed by atoms with Crippen molar-refractivity contribution >= 4 is 0 Å². The van der Waals surface area contributed by atoms with Gasteiger partial charge in [-0.2, -0.15) is 0 Å². The molecule has 3 heteroatoms. The van der Waals surface area contributed by atoms with E-state index in [2.05, 4.69) is 5.32 Å². The van der Waals surface area contributed by atoms with E-state index in [1.807, 2.05) is 0 Å². The lowest BCUT2D eigenvalue weighted by Crippen LogP contribution is -2.23. The van der Waals surface area contributed by atoms with Gasteiger partial charge in [0, 0.05) is 38.1 Å². The van der Waals surface area contributed by atoms with Crippen molar-refractivity contribution in [2.45, 2.75) is 12.8 Å². The number of hydrogen-bond acceptors (Lipinski definition) is 3. The summed E-state index contributed by atoms with van der Waals surface area (Å²) in [7, 11) is 0. The van der Waals surface area contributed by atoms with Crippen LogP contribution in [0.1, 0.15) is 12.8 Å². The minimum absolute atomic E-state index is 0.263. The third-order valence-corrected chi connectivity index (χ3v) is 3.33. The summed E-state index contributed by atoms with van der Waals surface area (Å²) in [5.74, 6) is 0.709. The Kier molecular flexibility index (Phi) is 2.67. The van der Waals surface area contributed by atoms with Gasteiger partial charge in [0.1, 0.15) is 0 Å². The van der Waals surface area contributed by atoms with Gasteiger partial charge in [0.2, 0.25) is 0 Å². The monoisotopic (exact) mass is 183 g/mol. The second-order valence-electron chi connectivity index (χ2n) is 3.99. The normalized spacial score (nSPS) is 33.7. The minimum Gasteiger partial charge on any atom is -0.396 e. The largest absolute Gasteiger partial charge is 0.396 e. The third kappa shape index (κ3) is 1.52. The number of rotatable bonds is 2. The number of nitrogens with one attached hydrogen (secondary N) is 1. The Labute approximate surface area is 78.5 Å². The minimum atomic E-state index is 0.263. The Balaban J connectivity index is 2.21. The fourth-order valence-electron chi connectivity index (χ4n) is 2.53. The van der Waals surface area contributed by atoms with Crippen molar-refractivity contribution < 1.29 is 10.2 Å². The smallest absolute Gasteiger partial charge is 0.0497 e. The van der Waals surface area contributed by atoms with Crippen molar-refractivity contribution in [2.24, 2.45) is 11.8 Å². The molecule has 1 aliphatic heterocycles. The summed E-state index contributed by atoms with van der Waals surface area (Å²) in [6.07, 6.45) is 2.06. The Morgan fingerprint density at radius 1 is 1.00 bits per heavy atom. The first-order chi connectivity index (χ1) is 6.36. The summed E-state index contributed by atoms with van der Waals surface area (Å²) in [5.41, 5.74) is 2.74. The Morgan fingerprint density at radius 3 is 1.85 bits per heavy atom. The molecule has 0 spiro atoms. The van der Waals surface area contributed by atoms with Gasteiger partial charge in [-0.05, 0) is 12.8 Å². The Hall–Kier alpha value is -0.380. The number of aliphatic hydroxyl groups excluding tert-OH is 2. The van der Waals surface area contributed by atoms with Gasteiger partial charge < -0.3 is 15.5 Å². The van der Waals surface area contributed by atoms with E-state index in [9.17, 15) is 10.2 Å². The van der Waals surface area contributed by atoms with Crippen LogP contribution < -0.4 is 5.32 Å². The van der Waals surface area contributed by atoms with Crippen molar-refractivity contribution in [1.82, 2.24) is 5.32 Å². The molecule has 0 saturated heterocycles. The van der Waals surface area contributed by atoms with E-state index in [4.69, 9.17) is 0 Å². The first-order valence-electron chi connectivity index (χ1n) is 5.01. The molecule has 0 aromatic heterocycles. The quantitative estimate of drug-likeness (QED) is 0.524. The summed E-state index contributed by atoms with van der Waals surface area (Å²) in [4.78, 5) is 0. The lowest BCUT2D eigenvalue weighted by atomic mass is 9.78. The van der Waals surface area contributed by atoms with Crippen molar-refractivity contribution in [2.75, 3.05) is 26.3 Å². The molecule has 0 amide bonds. The summed E-state index contributed by atoms with van der Waals surface area (Å²) in [6, 6.07) is 0. The maximum atomic E-state index is 9.17. The first kappa shape index (κ1) is 9.19. The van der Waals surface area contributed by atoms with E-state index in [0.717, 1.165) is 25.9 Å². The molecule has 0 aromatic rings. The molecule has 0 aromatic carbocycles. The van der Waals surface area contributed by atoms with Crippen LogP contribution in [0, 0.1) is 11.8 Å². The van der Waals surface area contributed by atoms with Gasteiger partial charge in [-0.25, -0.2) is 0 Å². The zero-order chi connectivity index (χ0) is 9.26. The second kappa shape index (κ2) is 3.78. The molecule has 3 N–H and O–H groups in total. The van der Waals surface area contributed by atoms with Crippen LogP contribution in [0.5, 0.6) is 0 Å². The van der Waals surface area contributed by atoms with E-state index in [0.29, 0.717) is 11.8 Å². The summed E-state index contributed by atoms with van der Waals surface area (Å²) < 4.78 is 0. The van der Waals surface area contributed by atoms with Crippen molar-refractivity contribution in [3.05, 3.63) is 11.1 Å². The molecule has 2 rings (SSSR count). The van der Waals surface area contributed by atoms with E-state index < -0.39 is 0 Å². The Bertz CT molecular complexity index is 203. The van der Waals surface area contributed by atoms with Crippen molar-refractivity contribution in [1.29, 1.82) is 0 Å². The van der Waals surface area contributed by atoms with Gasteiger partial charge in [0.05, 0.1) is 0 Å². The molecule has 0 radical (unpaired) electrons. The highest BCUT2D eigenvalue weighted by Crippen LogP contribution is 2.35. The summed E-state index contributed by atoms with van der Waals surface area (Å²) in [6.45, 7) is 2.35. The molecule has 0 bridgehead atoms. The van der Waals surface area contributed by atoms with Crippen LogP contribution in [0.4, 0.5) is 0 Å². The van der Waals surface area contributed by atoms with Gasteiger partial charge in [0.25, 0.3) is 0 Å². The topological polar surface area (TPSA) is 52.5 Å². The van der Waals surface area contributed by atoms with Gasteiger partial charge in [-0.15, -0.1) is 0 Å². The average molecular weight is 183 g/mol. The fourth-order valence-corrected chi connectivity index (χ4v) is 2.53. The van der Waals surface area contributed by atoms with Crippen LogP contribution in [0.2, 0.25) is 0 Å². The van der Waals surface area contributed by atoms with Crippen LogP contribution in [0.3, 0.4) is 0 Å². The van der Waals surface area contributed by atoms with E-state index in [1.165, 1.54) is 11.1 Å². The van der Waals surface area contributed by atoms with E-state index >= 15 is 0 Å². The highest BCUT2D eigenvalue weighted by Gasteiger charge is 2.31. The van der Waals surface area contributed by atoms with Crippen LogP contribution >= 0.6 is 0 Å². The van der Waals surface area contributed by atoms with E-state index in [-0.39, 0.29) is 13.2 Å².